The van der Waals surface area contributed by atoms with Gasteiger partial charge in [-0.05, 0) is 82.5 Å². The lowest BCUT2D eigenvalue weighted by molar-refractivity contribution is -0.160. The third kappa shape index (κ3) is 4.41. The molecule has 0 bridgehead atoms. The maximum atomic E-state index is 13.5. The average molecular weight is 496 g/mol. The van der Waals surface area contributed by atoms with Gasteiger partial charge in [0.05, 0.1) is 18.3 Å². The van der Waals surface area contributed by atoms with E-state index < -0.39 is 10.0 Å². The topological polar surface area (TPSA) is 87.2 Å². The van der Waals surface area contributed by atoms with Crippen LogP contribution in [0.25, 0.3) is 0 Å². The van der Waals surface area contributed by atoms with E-state index in [0.29, 0.717) is 37.5 Å². The molecule has 0 aromatic carbocycles. The number of nitrogens with zero attached hydrogens (tertiary/aromatic N) is 3. The van der Waals surface area contributed by atoms with Crippen LogP contribution in [-0.2, 0) is 24.3 Å². The van der Waals surface area contributed by atoms with Gasteiger partial charge in [0.15, 0.2) is 0 Å². The Morgan fingerprint density at radius 3 is 2.24 bits per heavy atom. The summed E-state index contributed by atoms with van der Waals surface area (Å²) in [5, 5.41) is 0. The van der Waals surface area contributed by atoms with Crippen LogP contribution in [0, 0.1) is 17.8 Å². The number of carbonyl (C=O) groups is 2. The largest absolute Gasteiger partial charge is 0.368 e. The predicted octanol–water partition coefficient (Wildman–Crippen LogP) is 2.23. The van der Waals surface area contributed by atoms with E-state index in [1.165, 1.54) is 6.26 Å². The molecule has 5 aliphatic rings. The van der Waals surface area contributed by atoms with Crippen molar-refractivity contribution in [3.05, 3.63) is 0 Å². The van der Waals surface area contributed by atoms with Gasteiger partial charge in [-0.15, -0.1) is 0 Å². The van der Waals surface area contributed by atoms with Gasteiger partial charge in [0, 0.05) is 38.7 Å². The molecular weight excluding hydrogens is 454 g/mol. The van der Waals surface area contributed by atoms with Crippen molar-refractivity contribution in [3.8, 4) is 0 Å². The van der Waals surface area contributed by atoms with E-state index in [-0.39, 0.29) is 42.1 Å². The Balaban J connectivity index is 1.32. The first-order chi connectivity index (χ1) is 16.1. The van der Waals surface area contributed by atoms with Crippen molar-refractivity contribution in [2.24, 2.45) is 17.8 Å². The van der Waals surface area contributed by atoms with Gasteiger partial charge in [0.2, 0.25) is 15.9 Å². The zero-order chi connectivity index (χ0) is 24.2. The van der Waals surface area contributed by atoms with Crippen molar-refractivity contribution in [2.75, 3.05) is 26.0 Å². The first-order valence-corrected chi connectivity index (χ1v) is 15.2. The van der Waals surface area contributed by atoms with E-state index in [4.69, 9.17) is 4.74 Å². The minimum atomic E-state index is -3.14. The molecule has 5 fully saturated rings. The SMILES string of the molecule is CC(=O)N1C2CCC(C3CCC4C(CCN4S(C)(=O)=O)C3)CC2N(C(=O)C2CCCO2)C[C@@H]1C. The van der Waals surface area contributed by atoms with E-state index in [9.17, 15) is 18.0 Å². The summed E-state index contributed by atoms with van der Waals surface area (Å²) < 4.78 is 31.9. The number of hydrogen-bond donors (Lipinski definition) is 0. The lowest BCUT2D eigenvalue weighted by Gasteiger charge is -2.55. The monoisotopic (exact) mass is 495 g/mol. The van der Waals surface area contributed by atoms with E-state index >= 15 is 0 Å². The Morgan fingerprint density at radius 2 is 1.59 bits per heavy atom. The van der Waals surface area contributed by atoms with Gasteiger partial charge in [-0.3, -0.25) is 9.59 Å². The minimum absolute atomic E-state index is 0.0246. The molecular formula is C25H41N3O5S. The van der Waals surface area contributed by atoms with Crippen molar-refractivity contribution in [2.45, 2.75) is 102 Å². The molecule has 34 heavy (non-hydrogen) atoms. The number of carbonyl (C=O) groups excluding carboxylic acids is 2. The fraction of sp³-hybridized carbons (Fsp3) is 0.920. The summed E-state index contributed by atoms with van der Waals surface area (Å²) in [5.74, 6) is 1.78. The second kappa shape index (κ2) is 9.36. The maximum absolute atomic E-state index is 13.5. The molecule has 5 rings (SSSR count). The van der Waals surface area contributed by atoms with Gasteiger partial charge in [-0.25, -0.2) is 8.42 Å². The molecule has 0 radical (unpaired) electrons. The molecule has 2 saturated carbocycles. The third-order valence-electron chi connectivity index (χ3n) is 9.53. The normalized spacial score (nSPS) is 41.3. The zero-order valence-electron chi connectivity index (χ0n) is 20.9. The van der Waals surface area contributed by atoms with Gasteiger partial charge >= 0.3 is 0 Å². The number of hydrogen-bond acceptors (Lipinski definition) is 5. The molecule has 7 unspecified atom stereocenters. The Labute approximate surface area is 204 Å². The number of rotatable bonds is 3. The fourth-order valence-electron chi connectivity index (χ4n) is 8.11. The first kappa shape index (κ1) is 24.5. The Morgan fingerprint density at radius 1 is 0.882 bits per heavy atom. The zero-order valence-corrected chi connectivity index (χ0v) is 21.7. The number of amides is 2. The van der Waals surface area contributed by atoms with Crippen LogP contribution in [0.3, 0.4) is 0 Å². The summed E-state index contributed by atoms with van der Waals surface area (Å²) in [6, 6.07) is 0.344. The smallest absolute Gasteiger partial charge is 0.252 e. The van der Waals surface area contributed by atoms with E-state index in [1.807, 2.05) is 4.90 Å². The van der Waals surface area contributed by atoms with Gasteiger partial charge in [0.1, 0.15) is 6.10 Å². The van der Waals surface area contributed by atoms with Crippen LogP contribution in [0.1, 0.15) is 71.6 Å². The van der Waals surface area contributed by atoms with E-state index in [1.54, 1.807) is 11.2 Å². The Bertz CT molecular complexity index is 904. The van der Waals surface area contributed by atoms with Crippen LogP contribution in [0.5, 0.6) is 0 Å². The summed E-state index contributed by atoms with van der Waals surface area (Å²) in [7, 11) is -3.14. The highest BCUT2D eigenvalue weighted by Crippen LogP contribution is 2.47. The highest BCUT2D eigenvalue weighted by atomic mass is 32.2. The Kier molecular flexibility index (Phi) is 6.74. The highest BCUT2D eigenvalue weighted by molar-refractivity contribution is 7.88. The molecule has 0 spiro atoms. The predicted molar refractivity (Wildman–Crippen MR) is 128 cm³/mol. The molecule has 8 atom stereocenters. The standard InChI is InChI=1S/C25H41N3O5S/c1-16-15-26(25(30)24-5-4-12-33-24)23-14-19(7-9-22(23)28(16)17(2)29)18-6-8-21-20(13-18)10-11-27(21)34(3,31)32/h16,18-24H,4-15H2,1-3H3/t16-,18?,19?,20?,21?,22?,23?,24?/m0/s1. The second-order valence-corrected chi connectivity index (χ2v) is 13.5. The van der Waals surface area contributed by atoms with Crippen molar-refractivity contribution >= 4 is 21.8 Å². The minimum Gasteiger partial charge on any atom is -0.368 e. The molecule has 0 aromatic heterocycles. The molecule has 0 aromatic rings. The van der Waals surface area contributed by atoms with Gasteiger partial charge in [0.25, 0.3) is 5.91 Å². The lowest BCUT2D eigenvalue weighted by Crippen LogP contribution is -2.68. The number of fused-ring (bicyclic) bond motifs is 2. The van der Waals surface area contributed by atoms with Crippen LogP contribution in [0.2, 0.25) is 0 Å². The molecule has 8 nitrogen and oxygen atoms in total. The summed E-state index contributed by atoms with van der Waals surface area (Å²) in [6.45, 7) is 5.63. The summed E-state index contributed by atoms with van der Waals surface area (Å²) >= 11 is 0. The second-order valence-electron chi connectivity index (χ2n) is 11.5. The first-order valence-electron chi connectivity index (χ1n) is 13.3. The van der Waals surface area contributed by atoms with E-state index in [0.717, 1.165) is 57.8 Å². The molecule has 3 heterocycles. The van der Waals surface area contributed by atoms with Gasteiger partial charge in [-0.2, -0.15) is 4.31 Å². The third-order valence-corrected chi connectivity index (χ3v) is 10.8. The molecule has 2 aliphatic carbocycles. The van der Waals surface area contributed by atoms with Crippen molar-refractivity contribution in [1.29, 1.82) is 0 Å². The summed E-state index contributed by atoms with van der Waals surface area (Å²) in [4.78, 5) is 30.1. The van der Waals surface area contributed by atoms with Crippen molar-refractivity contribution in [1.82, 2.24) is 14.1 Å². The van der Waals surface area contributed by atoms with Crippen LogP contribution in [0.4, 0.5) is 0 Å². The lowest BCUT2D eigenvalue weighted by atomic mass is 9.66. The molecule has 0 N–H and O–H groups in total. The van der Waals surface area contributed by atoms with Crippen LogP contribution < -0.4 is 0 Å². The maximum Gasteiger partial charge on any atom is 0.252 e. The molecule has 9 heteroatoms. The van der Waals surface area contributed by atoms with Crippen LogP contribution in [-0.4, -0.2) is 90.6 Å². The quantitative estimate of drug-likeness (QED) is 0.599. The van der Waals surface area contributed by atoms with Gasteiger partial charge in [-0.1, -0.05) is 0 Å². The molecule has 192 valence electrons. The fourth-order valence-corrected chi connectivity index (χ4v) is 9.32. The summed E-state index contributed by atoms with van der Waals surface area (Å²) in [5.41, 5.74) is 0. The Hall–Kier alpha value is -1.19. The highest BCUT2D eigenvalue weighted by Gasteiger charge is 2.50. The number of sulfonamides is 1. The summed E-state index contributed by atoms with van der Waals surface area (Å²) in [6.07, 6.45) is 9.76. The molecule has 3 aliphatic heterocycles. The number of ether oxygens (including phenoxy) is 1. The van der Waals surface area contributed by atoms with Crippen LogP contribution >= 0.6 is 0 Å². The van der Waals surface area contributed by atoms with Crippen molar-refractivity contribution < 1.29 is 22.7 Å². The van der Waals surface area contributed by atoms with Gasteiger partial charge < -0.3 is 14.5 Å². The molecule has 3 saturated heterocycles. The van der Waals surface area contributed by atoms with Crippen molar-refractivity contribution in [3.63, 3.8) is 0 Å². The number of piperazine rings is 1. The van der Waals surface area contributed by atoms with Crippen LogP contribution in [0.15, 0.2) is 0 Å². The van der Waals surface area contributed by atoms with E-state index in [2.05, 4.69) is 11.8 Å². The average Bonchev–Trinajstić information content (AvgIpc) is 3.46. The molecule has 2 amide bonds.